The van der Waals surface area contributed by atoms with Crippen molar-refractivity contribution in [3.8, 4) is 11.5 Å². The molecule has 0 spiro atoms. The molecule has 1 aromatic carbocycles. The Bertz CT molecular complexity index is 550. The Morgan fingerprint density at radius 2 is 2.24 bits per heavy atom. The molecule has 0 N–H and O–H groups in total. The zero-order valence-electron chi connectivity index (χ0n) is 8.63. The third-order valence-corrected chi connectivity index (χ3v) is 3.76. The molecule has 4 nitrogen and oxygen atoms in total. The summed E-state index contributed by atoms with van der Waals surface area (Å²) in [6.07, 6.45) is 2.78. The van der Waals surface area contributed by atoms with E-state index in [1.807, 2.05) is 0 Å². The van der Waals surface area contributed by atoms with Crippen molar-refractivity contribution in [2.75, 3.05) is 6.79 Å². The van der Waals surface area contributed by atoms with Gasteiger partial charge in [0.1, 0.15) is 11.4 Å². The average Bonchev–Trinajstić information content (AvgIpc) is 2.89. The lowest BCUT2D eigenvalue weighted by atomic mass is 10.0. The molecule has 17 heavy (non-hydrogen) atoms. The summed E-state index contributed by atoms with van der Waals surface area (Å²) >= 11 is 3.29. The first-order chi connectivity index (χ1) is 8.18. The second kappa shape index (κ2) is 3.55. The number of benzene rings is 1. The molecule has 0 atom stereocenters. The second-order valence-electron chi connectivity index (χ2n) is 4.02. The maximum Gasteiger partial charge on any atom is 0.235 e. The lowest BCUT2D eigenvalue weighted by Crippen LogP contribution is -2.07. The minimum Gasteiger partial charge on any atom is -0.453 e. The van der Waals surface area contributed by atoms with E-state index in [0.717, 1.165) is 0 Å². The average molecular weight is 300 g/mol. The van der Waals surface area contributed by atoms with Crippen molar-refractivity contribution in [1.29, 1.82) is 0 Å². The molecule has 0 saturated heterocycles. The standard InChI is InChI=1S/C11H7BrFNO3/c12-9-8(11(1-2-11)14-4-15)6(13)3-7-10(9)17-5-16-7/h3H,1-2,5H2. The molecule has 6 heteroatoms. The van der Waals surface area contributed by atoms with Crippen LogP contribution >= 0.6 is 15.9 Å². The summed E-state index contributed by atoms with van der Waals surface area (Å²) in [5, 5.41) is 0. The van der Waals surface area contributed by atoms with Crippen LogP contribution in [0, 0.1) is 5.82 Å². The van der Waals surface area contributed by atoms with Crippen molar-refractivity contribution in [1.82, 2.24) is 0 Å². The van der Waals surface area contributed by atoms with Crippen molar-refractivity contribution in [3.63, 3.8) is 0 Å². The summed E-state index contributed by atoms with van der Waals surface area (Å²) < 4.78 is 24.8. The van der Waals surface area contributed by atoms with Crippen molar-refractivity contribution in [2.24, 2.45) is 4.99 Å². The first kappa shape index (κ1) is 10.7. The predicted octanol–water partition coefficient (Wildman–Crippen LogP) is 2.64. The number of fused-ring (bicyclic) bond motifs is 1. The SMILES string of the molecule is O=C=NC1(c2c(F)cc3c(c2Br)OCO3)CC1. The number of rotatable bonds is 2. The molecule has 0 aromatic heterocycles. The third kappa shape index (κ3) is 1.48. The molecule has 1 fully saturated rings. The fourth-order valence-corrected chi connectivity index (χ4v) is 2.89. The highest BCUT2D eigenvalue weighted by Gasteiger charge is 2.49. The predicted molar refractivity (Wildman–Crippen MR) is 59.3 cm³/mol. The van der Waals surface area contributed by atoms with E-state index in [2.05, 4.69) is 20.9 Å². The zero-order chi connectivity index (χ0) is 12.0. The minimum atomic E-state index is -0.772. The Kier molecular flexibility index (Phi) is 2.24. The highest BCUT2D eigenvalue weighted by atomic mass is 79.9. The molecular formula is C11H7BrFNO3. The number of carbonyl (C=O) groups excluding carboxylic acids is 1. The van der Waals surface area contributed by atoms with E-state index in [1.54, 1.807) is 0 Å². The van der Waals surface area contributed by atoms with Gasteiger partial charge >= 0.3 is 0 Å². The van der Waals surface area contributed by atoms with Crippen LogP contribution in [0.15, 0.2) is 15.5 Å². The van der Waals surface area contributed by atoms with Crippen LogP contribution < -0.4 is 9.47 Å². The lowest BCUT2D eigenvalue weighted by Gasteiger charge is -2.13. The summed E-state index contributed by atoms with van der Waals surface area (Å²) in [4.78, 5) is 14.1. The molecule has 88 valence electrons. The van der Waals surface area contributed by atoms with Crippen LogP contribution in [0.25, 0.3) is 0 Å². The molecule has 0 unspecified atom stereocenters. The fraction of sp³-hybridized carbons (Fsp3) is 0.364. The zero-order valence-corrected chi connectivity index (χ0v) is 10.2. The van der Waals surface area contributed by atoms with Gasteiger partial charge in [-0.25, -0.2) is 9.18 Å². The van der Waals surface area contributed by atoms with Gasteiger partial charge in [0.15, 0.2) is 11.5 Å². The number of hydrogen-bond donors (Lipinski definition) is 0. The maximum atomic E-state index is 14.0. The normalized spacial score (nSPS) is 18.7. The van der Waals surface area contributed by atoms with E-state index < -0.39 is 11.4 Å². The summed E-state index contributed by atoms with van der Waals surface area (Å²) in [6.45, 7) is 0.0702. The Hall–Kier alpha value is -1.39. The monoisotopic (exact) mass is 299 g/mol. The van der Waals surface area contributed by atoms with Crippen LogP contribution in [-0.4, -0.2) is 12.9 Å². The molecule has 1 aliphatic heterocycles. The number of nitrogens with zero attached hydrogens (tertiary/aromatic N) is 1. The molecule has 0 bridgehead atoms. The van der Waals surface area contributed by atoms with Crippen molar-refractivity contribution >= 4 is 22.0 Å². The van der Waals surface area contributed by atoms with Gasteiger partial charge in [-0.05, 0) is 28.8 Å². The van der Waals surface area contributed by atoms with Crippen LogP contribution in [-0.2, 0) is 10.3 Å². The number of ether oxygens (including phenoxy) is 2. The van der Waals surface area contributed by atoms with Crippen LogP contribution in [0.1, 0.15) is 18.4 Å². The topological polar surface area (TPSA) is 47.9 Å². The molecule has 0 amide bonds. The number of halogens is 2. The van der Waals surface area contributed by atoms with E-state index in [9.17, 15) is 9.18 Å². The van der Waals surface area contributed by atoms with Gasteiger partial charge in [-0.3, -0.25) is 0 Å². The summed E-state index contributed by atoms with van der Waals surface area (Å²) in [5.74, 6) is 0.385. The highest BCUT2D eigenvalue weighted by molar-refractivity contribution is 9.10. The Morgan fingerprint density at radius 3 is 2.88 bits per heavy atom. The van der Waals surface area contributed by atoms with Crippen LogP contribution in [0.5, 0.6) is 11.5 Å². The molecule has 1 aromatic rings. The van der Waals surface area contributed by atoms with Crippen LogP contribution in [0.3, 0.4) is 0 Å². The molecule has 1 saturated carbocycles. The van der Waals surface area contributed by atoms with Crippen molar-refractivity contribution in [3.05, 3.63) is 21.9 Å². The first-order valence-electron chi connectivity index (χ1n) is 5.05. The molecular weight excluding hydrogens is 293 g/mol. The first-order valence-corrected chi connectivity index (χ1v) is 5.84. The molecule has 2 aliphatic rings. The third-order valence-electron chi connectivity index (χ3n) is 3.01. The van der Waals surface area contributed by atoms with Gasteiger partial charge in [0.25, 0.3) is 0 Å². The quantitative estimate of drug-likeness (QED) is 0.623. The number of isocyanates is 1. The number of aliphatic imine (C=N–C) groups is 1. The van der Waals surface area contributed by atoms with Crippen molar-refractivity contribution < 1.29 is 18.7 Å². The van der Waals surface area contributed by atoms with Gasteiger partial charge in [0, 0.05) is 11.6 Å². The lowest BCUT2D eigenvalue weighted by molar-refractivity contribution is 0.173. The Morgan fingerprint density at radius 1 is 1.47 bits per heavy atom. The minimum absolute atomic E-state index is 0.0702. The van der Waals surface area contributed by atoms with Gasteiger partial charge in [-0.15, -0.1) is 0 Å². The molecule has 1 heterocycles. The Labute approximate surface area is 105 Å². The van der Waals surface area contributed by atoms with E-state index >= 15 is 0 Å². The Balaban J connectivity index is 2.21. The summed E-state index contributed by atoms with van der Waals surface area (Å²) in [5.41, 5.74) is -0.420. The van der Waals surface area contributed by atoms with Gasteiger partial charge in [-0.2, -0.15) is 4.99 Å². The largest absolute Gasteiger partial charge is 0.453 e. The van der Waals surface area contributed by atoms with Crippen LogP contribution in [0.2, 0.25) is 0 Å². The second-order valence-corrected chi connectivity index (χ2v) is 4.81. The van der Waals surface area contributed by atoms with Gasteiger partial charge in [0.05, 0.1) is 4.47 Å². The summed E-state index contributed by atoms with van der Waals surface area (Å²) in [6, 6.07) is 1.27. The highest BCUT2D eigenvalue weighted by Crippen LogP contribution is 2.56. The van der Waals surface area contributed by atoms with E-state index in [1.165, 1.54) is 12.1 Å². The molecule has 3 rings (SSSR count). The summed E-state index contributed by atoms with van der Waals surface area (Å²) in [7, 11) is 0. The fourth-order valence-electron chi connectivity index (χ4n) is 2.02. The van der Waals surface area contributed by atoms with E-state index in [-0.39, 0.29) is 6.79 Å². The number of hydrogen-bond acceptors (Lipinski definition) is 4. The smallest absolute Gasteiger partial charge is 0.235 e. The van der Waals surface area contributed by atoms with E-state index in [0.29, 0.717) is 34.4 Å². The molecule has 1 aliphatic carbocycles. The van der Waals surface area contributed by atoms with Gasteiger partial charge < -0.3 is 9.47 Å². The maximum absolute atomic E-state index is 14.0. The molecule has 0 radical (unpaired) electrons. The van der Waals surface area contributed by atoms with Gasteiger partial charge in [0.2, 0.25) is 12.9 Å². The van der Waals surface area contributed by atoms with E-state index in [4.69, 9.17) is 9.47 Å². The van der Waals surface area contributed by atoms with Crippen molar-refractivity contribution in [2.45, 2.75) is 18.4 Å². The van der Waals surface area contributed by atoms with Gasteiger partial charge in [-0.1, -0.05) is 0 Å². The van der Waals surface area contributed by atoms with Crippen LogP contribution in [0.4, 0.5) is 4.39 Å².